The maximum absolute atomic E-state index is 11.8. The normalized spacial score (nSPS) is 16.6. The Morgan fingerprint density at radius 2 is 2.31 bits per heavy atom. The van der Waals surface area contributed by atoms with Gasteiger partial charge in [-0.3, -0.25) is 4.79 Å². The molecule has 5 nitrogen and oxygen atoms in total. The molecule has 0 fully saturated rings. The Hall–Kier alpha value is -1.36. The van der Waals surface area contributed by atoms with Crippen molar-refractivity contribution in [2.24, 2.45) is 0 Å². The van der Waals surface area contributed by atoms with Crippen molar-refractivity contribution in [3.8, 4) is 0 Å². The van der Waals surface area contributed by atoms with Crippen LogP contribution in [-0.4, -0.2) is 28.8 Å². The molecule has 1 atom stereocenters. The average Bonchev–Trinajstić information content (AvgIpc) is 2.72. The highest BCUT2D eigenvalue weighted by Crippen LogP contribution is 2.24. The number of carbonyl (C=O) groups excluding carboxylic acids is 1. The van der Waals surface area contributed by atoms with Crippen molar-refractivity contribution >= 4 is 5.91 Å². The Morgan fingerprint density at radius 3 is 3.06 bits per heavy atom. The summed E-state index contributed by atoms with van der Waals surface area (Å²) in [7, 11) is 0. The molecule has 16 heavy (non-hydrogen) atoms. The second kappa shape index (κ2) is 4.65. The number of amides is 1. The molecule has 1 amide bonds. The number of hydrogen-bond acceptors (Lipinski definition) is 4. The van der Waals surface area contributed by atoms with Crippen LogP contribution in [0, 0.1) is 0 Å². The maximum atomic E-state index is 11.8. The van der Waals surface area contributed by atoms with Gasteiger partial charge in [0.1, 0.15) is 5.76 Å². The summed E-state index contributed by atoms with van der Waals surface area (Å²) in [4.78, 5) is 11.8. The first kappa shape index (κ1) is 11.1. The van der Waals surface area contributed by atoms with Gasteiger partial charge in [-0.15, -0.1) is 0 Å². The van der Waals surface area contributed by atoms with Crippen molar-refractivity contribution in [3.63, 3.8) is 0 Å². The van der Waals surface area contributed by atoms with Crippen molar-refractivity contribution in [1.29, 1.82) is 0 Å². The number of nitrogens with one attached hydrogen (secondary N) is 1. The predicted octanol–water partition coefficient (Wildman–Crippen LogP) is 0.664. The first-order valence-electron chi connectivity index (χ1n) is 5.61. The Kier molecular flexibility index (Phi) is 3.24. The van der Waals surface area contributed by atoms with Crippen LogP contribution in [0.1, 0.15) is 41.6 Å². The molecule has 0 saturated carbocycles. The van der Waals surface area contributed by atoms with Crippen molar-refractivity contribution in [1.82, 2.24) is 10.5 Å². The Morgan fingerprint density at radius 1 is 1.56 bits per heavy atom. The molecule has 1 unspecified atom stereocenters. The van der Waals surface area contributed by atoms with E-state index in [0.717, 1.165) is 37.0 Å². The van der Waals surface area contributed by atoms with Crippen LogP contribution in [0.25, 0.3) is 0 Å². The molecule has 0 aliphatic heterocycles. The quantitative estimate of drug-likeness (QED) is 0.791. The molecule has 2 N–H and O–H groups in total. The molecule has 0 aromatic carbocycles. The maximum Gasteiger partial charge on any atom is 0.274 e. The summed E-state index contributed by atoms with van der Waals surface area (Å²) in [5, 5.41) is 15.3. The van der Waals surface area contributed by atoms with Gasteiger partial charge in [0, 0.05) is 18.0 Å². The van der Waals surface area contributed by atoms with E-state index in [9.17, 15) is 4.79 Å². The minimum Gasteiger partial charge on any atom is -0.394 e. The SMILES string of the molecule is CC(CO)NC(=O)c1noc2c1CCCC2. The summed E-state index contributed by atoms with van der Waals surface area (Å²) >= 11 is 0. The summed E-state index contributed by atoms with van der Waals surface area (Å²) in [6.45, 7) is 1.66. The monoisotopic (exact) mass is 224 g/mol. The zero-order valence-corrected chi connectivity index (χ0v) is 9.32. The van der Waals surface area contributed by atoms with Gasteiger partial charge in [0.05, 0.1) is 6.61 Å². The van der Waals surface area contributed by atoms with Gasteiger partial charge in [-0.1, -0.05) is 5.16 Å². The number of nitrogens with zero attached hydrogens (tertiary/aromatic N) is 1. The van der Waals surface area contributed by atoms with Gasteiger partial charge in [0.25, 0.3) is 5.91 Å². The topological polar surface area (TPSA) is 75.4 Å². The number of aromatic nitrogens is 1. The van der Waals surface area contributed by atoms with Gasteiger partial charge < -0.3 is 14.9 Å². The van der Waals surface area contributed by atoms with Crippen LogP contribution in [0.5, 0.6) is 0 Å². The number of aryl methyl sites for hydroxylation is 1. The van der Waals surface area contributed by atoms with E-state index in [1.54, 1.807) is 6.92 Å². The lowest BCUT2D eigenvalue weighted by Gasteiger charge is -2.11. The molecule has 1 aromatic heterocycles. The van der Waals surface area contributed by atoms with Crippen molar-refractivity contribution in [2.75, 3.05) is 6.61 Å². The number of hydrogen-bond donors (Lipinski definition) is 2. The van der Waals surface area contributed by atoms with E-state index in [1.807, 2.05) is 0 Å². The lowest BCUT2D eigenvalue weighted by Crippen LogP contribution is -2.35. The minimum absolute atomic E-state index is 0.0776. The van der Waals surface area contributed by atoms with Crippen molar-refractivity contribution in [2.45, 2.75) is 38.6 Å². The molecule has 0 bridgehead atoms. The van der Waals surface area contributed by atoms with Crippen molar-refractivity contribution < 1.29 is 14.4 Å². The van der Waals surface area contributed by atoms with Gasteiger partial charge in [-0.05, 0) is 26.2 Å². The summed E-state index contributed by atoms with van der Waals surface area (Å²) < 4.78 is 5.15. The Labute approximate surface area is 93.8 Å². The zero-order chi connectivity index (χ0) is 11.5. The molecule has 88 valence electrons. The van der Waals surface area contributed by atoms with Crippen LogP contribution in [-0.2, 0) is 12.8 Å². The van der Waals surface area contributed by atoms with Crippen LogP contribution in [0.15, 0.2) is 4.52 Å². The Balaban J connectivity index is 2.14. The molecule has 1 aromatic rings. The molecule has 2 rings (SSSR count). The van der Waals surface area contributed by atoms with Gasteiger partial charge in [0.15, 0.2) is 5.69 Å². The highest BCUT2D eigenvalue weighted by Gasteiger charge is 2.24. The van der Waals surface area contributed by atoms with Crippen LogP contribution in [0.3, 0.4) is 0 Å². The molecular formula is C11H16N2O3. The van der Waals surface area contributed by atoms with E-state index in [1.165, 1.54) is 0 Å². The summed E-state index contributed by atoms with van der Waals surface area (Å²) in [5.74, 6) is 0.585. The van der Waals surface area contributed by atoms with E-state index in [0.29, 0.717) is 5.69 Å². The van der Waals surface area contributed by atoms with E-state index < -0.39 is 0 Å². The third-order valence-corrected chi connectivity index (χ3v) is 2.82. The van der Waals surface area contributed by atoms with Crippen LogP contribution < -0.4 is 5.32 Å². The third kappa shape index (κ3) is 2.09. The van der Waals surface area contributed by atoms with Crippen LogP contribution in [0.2, 0.25) is 0 Å². The lowest BCUT2D eigenvalue weighted by molar-refractivity contribution is 0.0912. The fourth-order valence-electron chi connectivity index (χ4n) is 1.90. The molecule has 1 heterocycles. The van der Waals surface area contributed by atoms with Crippen molar-refractivity contribution in [3.05, 3.63) is 17.0 Å². The summed E-state index contributed by atoms with van der Waals surface area (Å²) in [6, 6.07) is -0.261. The minimum atomic E-state index is -0.261. The van der Waals surface area contributed by atoms with Gasteiger partial charge in [-0.25, -0.2) is 0 Å². The summed E-state index contributed by atoms with van der Waals surface area (Å²) in [5.41, 5.74) is 1.32. The lowest BCUT2D eigenvalue weighted by atomic mass is 9.96. The Bertz CT molecular complexity index is 387. The van der Waals surface area contributed by atoms with Crippen LogP contribution >= 0.6 is 0 Å². The third-order valence-electron chi connectivity index (χ3n) is 2.82. The second-order valence-electron chi connectivity index (χ2n) is 4.20. The fourth-order valence-corrected chi connectivity index (χ4v) is 1.90. The second-order valence-corrected chi connectivity index (χ2v) is 4.20. The number of carbonyl (C=O) groups is 1. The highest BCUT2D eigenvalue weighted by molar-refractivity contribution is 5.94. The molecule has 1 aliphatic carbocycles. The van der Waals surface area contributed by atoms with E-state index in [2.05, 4.69) is 10.5 Å². The molecule has 0 radical (unpaired) electrons. The molecular weight excluding hydrogens is 208 g/mol. The molecule has 0 saturated heterocycles. The fraction of sp³-hybridized carbons (Fsp3) is 0.636. The molecule has 5 heteroatoms. The van der Waals surface area contributed by atoms with Crippen LogP contribution in [0.4, 0.5) is 0 Å². The smallest absolute Gasteiger partial charge is 0.274 e. The summed E-state index contributed by atoms with van der Waals surface area (Å²) in [6.07, 6.45) is 3.89. The number of fused-ring (bicyclic) bond motifs is 1. The zero-order valence-electron chi connectivity index (χ0n) is 9.32. The average molecular weight is 224 g/mol. The molecule has 1 aliphatic rings. The van der Waals surface area contributed by atoms with Gasteiger partial charge >= 0.3 is 0 Å². The van der Waals surface area contributed by atoms with E-state index in [4.69, 9.17) is 9.63 Å². The first-order chi connectivity index (χ1) is 7.72. The standard InChI is InChI=1S/C11H16N2O3/c1-7(6-14)12-11(15)10-8-4-2-3-5-9(8)16-13-10/h7,14H,2-6H2,1H3,(H,12,15). The first-order valence-corrected chi connectivity index (χ1v) is 5.61. The predicted molar refractivity (Wildman–Crippen MR) is 57.2 cm³/mol. The van der Waals surface area contributed by atoms with E-state index in [-0.39, 0.29) is 18.6 Å². The van der Waals surface area contributed by atoms with Gasteiger partial charge in [-0.2, -0.15) is 0 Å². The highest BCUT2D eigenvalue weighted by atomic mass is 16.5. The largest absolute Gasteiger partial charge is 0.394 e. The van der Waals surface area contributed by atoms with E-state index >= 15 is 0 Å². The number of rotatable bonds is 3. The number of aliphatic hydroxyl groups is 1. The molecule has 0 spiro atoms. The number of aliphatic hydroxyl groups excluding tert-OH is 1. The van der Waals surface area contributed by atoms with Gasteiger partial charge in [0.2, 0.25) is 0 Å².